The van der Waals surface area contributed by atoms with Crippen molar-refractivity contribution in [2.45, 2.75) is 12.8 Å². The number of benzene rings is 1. The Bertz CT molecular complexity index is 697. The smallest absolute Gasteiger partial charge is 0.293 e. The van der Waals surface area contributed by atoms with Gasteiger partial charge in [-0.1, -0.05) is 30.0 Å². The topological polar surface area (TPSA) is 75.5 Å². The highest BCUT2D eigenvalue weighted by Gasteiger charge is 2.24. The van der Waals surface area contributed by atoms with Crippen molar-refractivity contribution in [3.8, 4) is 0 Å². The summed E-state index contributed by atoms with van der Waals surface area (Å²) in [5.41, 5.74) is 1.34. The maximum atomic E-state index is 11.7. The Hall–Kier alpha value is -1.93. The van der Waals surface area contributed by atoms with E-state index in [9.17, 15) is 14.9 Å². The average Bonchev–Trinajstić information content (AvgIpc) is 3.09. The quantitative estimate of drug-likeness (QED) is 0.396. The average molecular weight is 335 g/mol. The molecular weight excluding hydrogens is 322 g/mol. The molecule has 0 radical (unpaired) electrons. The molecule has 0 aromatic heterocycles. The van der Waals surface area contributed by atoms with E-state index in [1.807, 2.05) is 4.90 Å². The van der Waals surface area contributed by atoms with Crippen LogP contribution >= 0.6 is 24.0 Å². The maximum Gasteiger partial charge on any atom is 0.293 e. The van der Waals surface area contributed by atoms with Crippen LogP contribution in [0.1, 0.15) is 18.4 Å². The fourth-order valence-corrected chi connectivity index (χ4v) is 3.62. The molecule has 114 valence electrons. The van der Waals surface area contributed by atoms with Crippen molar-refractivity contribution in [1.29, 1.82) is 0 Å². The molecule has 2 aliphatic heterocycles. The van der Waals surface area contributed by atoms with Crippen LogP contribution in [0, 0.1) is 10.1 Å². The van der Waals surface area contributed by atoms with Gasteiger partial charge in [-0.15, -0.1) is 0 Å². The number of thiocarbonyl (C=S) groups is 1. The summed E-state index contributed by atoms with van der Waals surface area (Å²) in [6, 6.07) is 5.06. The predicted octanol–water partition coefficient (Wildman–Crippen LogP) is 2.68. The van der Waals surface area contributed by atoms with Gasteiger partial charge in [0.1, 0.15) is 10.0 Å². The number of nitrogens with zero attached hydrogens (tertiary/aromatic N) is 2. The number of anilines is 1. The van der Waals surface area contributed by atoms with E-state index in [-0.39, 0.29) is 16.5 Å². The molecule has 1 N–H and O–H groups in total. The number of nitro groups is 1. The Morgan fingerprint density at radius 2 is 2.09 bits per heavy atom. The number of amides is 1. The molecule has 2 saturated heterocycles. The van der Waals surface area contributed by atoms with Crippen LogP contribution in [0.15, 0.2) is 23.1 Å². The number of nitro benzene ring substituents is 1. The fraction of sp³-hybridized carbons (Fsp3) is 0.286. The third kappa shape index (κ3) is 2.97. The number of hydrogen-bond donors (Lipinski definition) is 1. The summed E-state index contributed by atoms with van der Waals surface area (Å²) in [5, 5.41) is 13.9. The lowest BCUT2D eigenvalue weighted by Crippen LogP contribution is -2.19. The monoisotopic (exact) mass is 335 g/mol. The van der Waals surface area contributed by atoms with Crippen molar-refractivity contribution in [1.82, 2.24) is 5.32 Å². The van der Waals surface area contributed by atoms with Crippen molar-refractivity contribution in [3.05, 3.63) is 38.8 Å². The van der Waals surface area contributed by atoms with Gasteiger partial charge in [0.05, 0.1) is 9.83 Å². The lowest BCUT2D eigenvalue weighted by atomic mass is 10.1. The number of carbonyl (C=O) groups excluding carboxylic acids is 1. The number of carbonyl (C=O) groups is 1. The molecule has 1 aromatic carbocycles. The van der Waals surface area contributed by atoms with Crippen molar-refractivity contribution in [2.24, 2.45) is 0 Å². The Kier molecular flexibility index (Phi) is 4.12. The summed E-state index contributed by atoms with van der Waals surface area (Å²) >= 11 is 6.09. The van der Waals surface area contributed by atoms with Gasteiger partial charge < -0.3 is 10.2 Å². The summed E-state index contributed by atoms with van der Waals surface area (Å²) < 4.78 is 0.402. The molecule has 0 spiro atoms. The van der Waals surface area contributed by atoms with Crippen LogP contribution in [0.25, 0.3) is 6.08 Å². The van der Waals surface area contributed by atoms with E-state index >= 15 is 0 Å². The predicted molar refractivity (Wildman–Crippen MR) is 90.9 cm³/mol. The molecular formula is C14H13N3O3S2. The number of rotatable bonds is 3. The number of hydrogen-bond acceptors (Lipinski definition) is 6. The second-order valence-electron chi connectivity index (χ2n) is 5.05. The highest BCUT2D eigenvalue weighted by atomic mass is 32.2. The summed E-state index contributed by atoms with van der Waals surface area (Å²) in [5.74, 6) is -0.263. The van der Waals surface area contributed by atoms with Gasteiger partial charge >= 0.3 is 0 Å². The molecule has 3 rings (SSSR count). The third-order valence-electron chi connectivity index (χ3n) is 3.58. The molecule has 22 heavy (non-hydrogen) atoms. The second kappa shape index (κ2) is 6.05. The van der Waals surface area contributed by atoms with Gasteiger partial charge in [-0.2, -0.15) is 0 Å². The Labute approximate surface area is 136 Å². The molecule has 1 amide bonds. The standard InChI is InChI=1S/C14H13N3O3S2/c18-13-12(22-14(21)15-13)8-9-3-4-10(11(7-9)17(19)20)16-5-1-2-6-16/h3-4,7-8H,1-2,5-6H2,(H,15,18,21)/b12-8-. The van der Waals surface area contributed by atoms with Crippen molar-refractivity contribution < 1.29 is 9.72 Å². The summed E-state index contributed by atoms with van der Waals surface area (Å²) in [6.07, 6.45) is 3.73. The van der Waals surface area contributed by atoms with Gasteiger partial charge in [0.25, 0.3) is 11.6 Å². The molecule has 1 aromatic rings. The van der Waals surface area contributed by atoms with Gasteiger partial charge in [-0.3, -0.25) is 14.9 Å². The van der Waals surface area contributed by atoms with Crippen molar-refractivity contribution in [3.63, 3.8) is 0 Å². The lowest BCUT2D eigenvalue weighted by Gasteiger charge is -2.17. The van der Waals surface area contributed by atoms with Crippen LogP contribution in [-0.4, -0.2) is 28.2 Å². The highest BCUT2D eigenvalue weighted by molar-refractivity contribution is 8.26. The first kappa shape index (κ1) is 15.0. The van der Waals surface area contributed by atoms with E-state index in [1.165, 1.54) is 6.07 Å². The van der Waals surface area contributed by atoms with Crippen LogP contribution in [-0.2, 0) is 4.79 Å². The lowest BCUT2D eigenvalue weighted by molar-refractivity contribution is -0.384. The molecule has 0 unspecified atom stereocenters. The Morgan fingerprint density at radius 3 is 2.68 bits per heavy atom. The van der Waals surface area contributed by atoms with E-state index in [2.05, 4.69) is 5.32 Å². The molecule has 6 nitrogen and oxygen atoms in total. The van der Waals surface area contributed by atoms with Crippen LogP contribution in [0.4, 0.5) is 11.4 Å². The molecule has 0 aliphatic carbocycles. The van der Waals surface area contributed by atoms with E-state index < -0.39 is 0 Å². The van der Waals surface area contributed by atoms with Gasteiger partial charge in [-0.25, -0.2) is 0 Å². The van der Waals surface area contributed by atoms with Gasteiger partial charge in [0.2, 0.25) is 0 Å². The van der Waals surface area contributed by atoms with E-state index in [1.54, 1.807) is 18.2 Å². The van der Waals surface area contributed by atoms with Gasteiger partial charge in [-0.05, 0) is 30.5 Å². The largest absolute Gasteiger partial charge is 0.366 e. The zero-order chi connectivity index (χ0) is 15.7. The molecule has 8 heteroatoms. The minimum absolute atomic E-state index is 0.0715. The zero-order valence-electron chi connectivity index (χ0n) is 11.6. The molecule has 0 atom stereocenters. The van der Waals surface area contributed by atoms with Crippen LogP contribution in [0.3, 0.4) is 0 Å². The molecule has 2 aliphatic rings. The second-order valence-corrected chi connectivity index (χ2v) is 6.77. The molecule has 0 bridgehead atoms. The van der Waals surface area contributed by atoms with Crippen molar-refractivity contribution >= 4 is 51.7 Å². The number of thioether (sulfide) groups is 1. The highest BCUT2D eigenvalue weighted by Crippen LogP contribution is 2.33. The first-order valence-electron chi connectivity index (χ1n) is 6.83. The molecule has 0 saturated carbocycles. The Balaban J connectivity index is 1.95. The fourth-order valence-electron chi connectivity index (χ4n) is 2.57. The summed E-state index contributed by atoms with van der Waals surface area (Å²) in [7, 11) is 0. The van der Waals surface area contributed by atoms with Crippen LogP contribution in [0.5, 0.6) is 0 Å². The third-order valence-corrected chi connectivity index (χ3v) is 4.75. The van der Waals surface area contributed by atoms with Crippen molar-refractivity contribution in [2.75, 3.05) is 18.0 Å². The van der Waals surface area contributed by atoms with Gasteiger partial charge in [0, 0.05) is 19.2 Å². The minimum Gasteiger partial charge on any atom is -0.366 e. The SMILES string of the molecule is O=C1NC(=S)S/C1=C\c1ccc(N2CCCC2)c([N+](=O)[O-])c1. The van der Waals surface area contributed by atoms with E-state index in [0.29, 0.717) is 20.5 Å². The summed E-state index contributed by atoms with van der Waals surface area (Å²) in [4.78, 5) is 25.1. The number of nitrogens with one attached hydrogen (secondary N) is 1. The van der Waals surface area contributed by atoms with Crippen LogP contribution in [0.2, 0.25) is 0 Å². The van der Waals surface area contributed by atoms with Crippen LogP contribution < -0.4 is 10.2 Å². The molecule has 2 fully saturated rings. The normalized spacial score (nSPS) is 19.8. The Morgan fingerprint density at radius 1 is 1.36 bits per heavy atom. The van der Waals surface area contributed by atoms with Gasteiger partial charge in [0.15, 0.2) is 0 Å². The maximum absolute atomic E-state index is 11.7. The summed E-state index contributed by atoms with van der Waals surface area (Å²) in [6.45, 7) is 1.68. The van der Waals surface area contributed by atoms with E-state index in [0.717, 1.165) is 37.7 Å². The first-order chi connectivity index (χ1) is 10.5. The first-order valence-corrected chi connectivity index (χ1v) is 8.05. The van der Waals surface area contributed by atoms with E-state index in [4.69, 9.17) is 12.2 Å². The zero-order valence-corrected chi connectivity index (χ0v) is 13.2. The minimum atomic E-state index is -0.373. The molecule has 2 heterocycles.